The summed E-state index contributed by atoms with van der Waals surface area (Å²) in [7, 11) is 1.51. The van der Waals surface area contributed by atoms with Crippen molar-refractivity contribution in [1.29, 1.82) is 0 Å². The van der Waals surface area contributed by atoms with Gasteiger partial charge in [0.1, 0.15) is 11.9 Å². The molecule has 0 heterocycles. The van der Waals surface area contributed by atoms with E-state index < -0.39 is 17.1 Å². The zero-order valence-corrected chi connectivity index (χ0v) is 9.29. The van der Waals surface area contributed by atoms with E-state index in [0.717, 1.165) is 0 Å². The van der Waals surface area contributed by atoms with E-state index in [1.807, 2.05) is 0 Å². The van der Waals surface area contributed by atoms with E-state index in [0.29, 0.717) is 11.3 Å². The fourth-order valence-electron chi connectivity index (χ4n) is 1.54. The standard InChI is InChI=1S/C11H15NO4/c1-3-10(12(14)15)11(13)8-5-4-6-9(7-8)16-2/h4-7,10-11,13H,3H2,1-2H3/t10-,11+/m1/s1. The minimum absolute atomic E-state index is 0.283. The molecular weight excluding hydrogens is 210 g/mol. The van der Waals surface area contributed by atoms with Gasteiger partial charge in [-0.2, -0.15) is 0 Å². The van der Waals surface area contributed by atoms with Gasteiger partial charge in [0.05, 0.1) is 7.11 Å². The minimum Gasteiger partial charge on any atom is -0.497 e. The van der Waals surface area contributed by atoms with E-state index in [2.05, 4.69) is 0 Å². The summed E-state index contributed by atoms with van der Waals surface area (Å²) in [5, 5.41) is 20.6. The Bertz CT molecular complexity index is 367. The van der Waals surface area contributed by atoms with Gasteiger partial charge in [0.15, 0.2) is 0 Å². The number of rotatable bonds is 5. The second-order valence-electron chi connectivity index (χ2n) is 3.48. The Kier molecular flexibility index (Phi) is 4.25. The van der Waals surface area contributed by atoms with Crippen molar-refractivity contribution < 1.29 is 14.8 Å². The van der Waals surface area contributed by atoms with Gasteiger partial charge in [-0.3, -0.25) is 10.1 Å². The van der Waals surface area contributed by atoms with E-state index in [4.69, 9.17) is 4.74 Å². The number of nitro groups is 1. The van der Waals surface area contributed by atoms with Crippen LogP contribution in [-0.4, -0.2) is 23.2 Å². The van der Waals surface area contributed by atoms with Crippen molar-refractivity contribution in [1.82, 2.24) is 0 Å². The van der Waals surface area contributed by atoms with Gasteiger partial charge in [-0.05, 0) is 17.7 Å². The summed E-state index contributed by atoms with van der Waals surface area (Å²) >= 11 is 0. The van der Waals surface area contributed by atoms with E-state index in [9.17, 15) is 15.2 Å². The van der Waals surface area contributed by atoms with Crippen LogP contribution in [0.4, 0.5) is 0 Å². The lowest BCUT2D eigenvalue weighted by Gasteiger charge is -2.15. The summed E-state index contributed by atoms with van der Waals surface area (Å²) in [6.45, 7) is 1.68. The molecule has 1 rings (SSSR count). The number of nitrogens with zero attached hydrogens (tertiary/aromatic N) is 1. The molecule has 0 saturated heterocycles. The van der Waals surface area contributed by atoms with E-state index in [1.54, 1.807) is 31.2 Å². The van der Waals surface area contributed by atoms with E-state index >= 15 is 0 Å². The summed E-state index contributed by atoms with van der Waals surface area (Å²) in [5.41, 5.74) is 0.503. The summed E-state index contributed by atoms with van der Waals surface area (Å²) in [4.78, 5) is 10.3. The lowest BCUT2D eigenvalue weighted by Crippen LogP contribution is -2.26. The first-order valence-corrected chi connectivity index (χ1v) is 5.05. The fourth-order valence-corrected chi connectivity index (χ4v) is 1.54. The highest BCUT2D eigenvalue weighted by molar-refractivity contribution is 5.30. The molecule has 1 N–H and O–H groups in total. The first-order chi connectivity index (χ1) is 7.60. The predicted octanol–water partition coefficient (Wildman–Crippen LogP) is 1.78. The number of aliphatic hydroxyl groups excluding tert-OH is 1. The summed E-state index contributed by atoms with van der Waals surface area (Å²) in [6, 6.07) is 5.70. The largest absolute Gasteiger partial charge is 0.497 e. The monoisotopic (exact) mass is 225 g/mol. The first kappa shape index (κ1) is 12.4. The molecule has 0 bridgehead atoms. The third kappa shape index (κ3) is 2.70. The lowest BCUT2D eigenvalue weighted by molar-refractivity contribution is -0.536. The molecular formula is C11H15NO4. The average molecular weight is 225 g/mol. The second-order valence-corrected chi connectivity index (χ2v) is 3.48. The van der Waals surface area contributed by atoms with Crippen LogP contribution in [0.3, 0.4) is 0 Å². The van der Waals surface area contributed by atoms with Crippen LogP contribution < -0.4 is 4.74 Å². The van der Waals surface area contributed by atoms with Gasteiger partial charge in [0.25, 0.3) is 0 Å². The Balaban J connectivity index is 2.93. The van der Waals surface area contributed by atoms with Crippen LogP contribution in [0, 0.1) is 10.1 Å². The second kappa shape index (κ2) is 5.46. The Morgan fingerprint density at radius 3 is 2.75 bits per heavy atom. The number of ether oxygens (including phenoxy) is 1. The summed E-state index contributed by atoms with van der Waals surface area (Å²) in [5.74, 6) is 0.578. The highest BCUT2D eigenvalue weighted by Gasteiger charge is 2.29. The zero-order chi connectivity index (χ0) is 12.1. The van der Waals surface area contributed by atoms with Gasteiger partial charge in [-0.15, -0.1) is 0 Å². The third-order valence-electron chi connectivity index (χ3n) is 2.49. The quantitative estimate of drug-likeness (QED) is 0.612. The van der Waals surface area contributed by atoms with Crippen LogP contribution in [-0.2, 0) is 0 Å². The van der Waals surface area contributed by atoms with Gasteiger partial charge < -0.3 is 9.84 Å². The summed E-state index contributed by atoms with van der Waals surface area (Å²) in [6.07, 6.45) is -0.819. The van der Waals surface area contributed by atoms with Crippen molar-refractivity contribution in [2.24, 2.45) is 0 Å². The van der Waals surface area contributed by atoms with Crippen molar-refractivity contribution in [2.45, 2.75) is 25.5 Å². The van der Waals surface area contributed by atoms with E-state index in [-0.39, 0.29) is 6.42 Å². The molecule has 5 heteroatoms. The molecule has 88 valence electrons. The van der Waals surface area contributed by atoms with Crippen LogP contribution in [0.15, 0.2) is 24.3 Å². The average Bonchev–Trinajstić information content (AvgIpc) is 2.29. The van der Waals surface area contributed by atoms with E-state index in [1.165, 1.54) is 7.11 Å². The lowest BCUT2D eigenvalue weighted by atomic mass is 10.0. The normalized spacial score (nSPS) is 14.2. The molecule has 0 aromatic heterocycles. The van der Waals surface area contributed by atoms with Crippen LogP contribution >= 0.6 is 0 Å². The molecule has 0 fully saturated rings. The molecule has 1 aromatic rings. The molecule has 0 aliphatic rings. The van der Waals surface area contributed by atoms with Gasteiger partial charge in [-0.25, -0.2) is 0 Å². The molecule has 0 saturated carbocycles. The maximum Gasteiger partial charge on any atom is 0.242 e. The van der Waals surface area contributed by atoms with Crippen molar-refractivity contribution >= 4 is 0 Å². The maximum atomic E-state index is 10.7. The zero-order valence-electron chi connectivity index (χ0n) is 9.29. The molecule has 0 spiro atoms. The number of benzene rings is 1. The fraction of sp³-hybridized carbons (Fsp3) is 0.455. The minimum atomic E-state index is -1.10. The molecule has 5 nitrogen and oxygen atoms in total. The number of aliphatic hydroxyl groups is 1. The summed E-state index contributed by atoms with van der Waals surface area (Å²) < 4.78 is 5.00. The van der Waals surface area contributed by atoms with Gasteiger partial charge in [0, 0.05) is 11.3 Å². The smallest absolute Gasteiger partial charge is 0.242 e. The molecule has 2 atom stereocenters. The van der Waals surface area contributed by atoms with Crippen molar-refractivity contribution in [3.8, 4) is 5.75 Å². The Labute approximate surface area is 93.8 Å². The van der Waals surface area contributed by atoms with Gasteiger partial charge in [0.2, 0.25) is 6.04 Å². The number of hydrogen-bond acceptors (Lipinski definition) is 4. The molecule has 0 radical (unpaired) electrons. The molecule has 16 heavy (non-hydrogen) atoms. The molecule has 1 aromatic carbocycles. The number of methoxy groups -OCH3 is 1. The van der Waals surface area contributed by atoms with Crippen LogP contribution in [0.5, 0.6) is 5.75 Å². The SMILES string of the molecule is CC[C@H]([C@@H](O)c1cccc(OC)c1)[N+](=O)[O-]. The Hall–Kier alpha value is -1.62. The highest BCUT2D eigenvalue weighted by atomic mass is 16.6. The van der Waals surface area contributed by atoms with Crippen LogP contribution in [0.25, 0.3) is 0 Å². The predicted molar refractivity (Wildman–Crippen MR) is 59.0 cm³/mol. The van der Waals surface area contributed by atoms with Gasteiger partial charge >= 0.3 is 0 Å². The van der Waals surface area contributed by atoms with Crippen LogP contribution in [0.2, 0.25) is 0 Å². The number of hydrogen-bond donors (Lipinski definition) is 1. The topological polar surface area (TPSA) is 72.6 Å². The van der Waals surface area contributed by atoms with Crippen molar-refractivity contribution in [2.75, 3.05) is 7.11 Å². The Morgan fingerprint density at radius 1 is 1.56 bits per heavy atom. The molecule has 0 aliphatic heterocycles. The Morgan fingerprint density at radius 2 is 2.25 bits per heavy atom. The third-order valence-corrected chi connectivity index (χ3v) is 2.49. The van der Waals surface area contributed by atoms with Crippen molar-refractivity contribution in [3.63, 3.8) is 0 Å². The highest BCUT2D eigenvalue weighted by Crippen LogP contribution is 2.24. The van der Waals surface area contributed by atoms with Crippen LogP contribution in [0.1, 0.15) is 25.0 Å². The first-order valence-electron chi connectivity index (χ1n) is 5.05. The maximum absolute atomic E-state index is 10.7. The van der Waals surface area contributed by atoms with Crippen molar-refractivity contribution in [3.05, 3.63) is 39.9 Å². The molecule has 0 amide bonds. The molecule has 0 aliphatic carbocycles. The van der Waals surface area contributed by atoms with Gasteiger partial charge in [-0.1, -0.05) is 19.1 Å². The molecule has 0 unspecified atom stereocenters.